The fraction of sp³-hybridized carbons (Fsp3) is 0.435. The first-order valence-electron chi connectivity index (χ1n) is 11.5. The summed E-state index contributed by atoms with van der Waals surface area (Å²) in [7, 11) is 0. The van der Waals surface area contributed by atoms with Crippen LogP contribution in [0, 0.1) is 0 Å². The third-order valence-corrected chi connectivity index (χ3v) is 5.25. The highest BCUT2D eigenvalue weighted by molar-refractivity contribution is 5.95. The first kappa shape index (κ1) is 31.5. The lowest BCUT2D eigenvalue weighted by Gasteiger charge is -2.25. The van der Waals surface area contributed by atoms with Crippen LogP contribution in [0.3, 0.4) is 0 Å². The Morgan fingerprint density at radius 2 is 1.21 bits per heavy atom. The van der Waals surface area contributed by atoms with Gasteiger partial charge in [0.2, 0.25) is 29.5 Å². The Bertz CT molecular complexity index is 1030. The Balaban J connectivity index is 3.03. The topological polar surface area (TPSA) is 274 Å². The Kier molecular flexibility index (Phi) is 12.9. The number of carboxylic acid groups (broad SMARTS) is 2. The molecule has 1 rings (SSSR count). The highest BCUT2D eigenvalue weighted by Gasteiger charge is 2.31. The van der Waals surface area contributed by atoms with Gasteiger partial charge in [-0.15, -0.1) is 0 Å². The summed E-state index contributed by atoms with van der Waals surface area (Å²) in [6.07, 6.45) is -2.25. The van der Waals surface area contributed by atoms with E-state index in [-0.39, 0.29) is 25.7 Å². The first-order valence-corrected chi connectivity index (χ1v) is 11.5. The van der Waals surface area contributed by atoms with Crippen LogP contribution in [-0.4, -0.2) is 75.9 Å². The molecule has 0 saturated carbocycles. The van der Waals surface area contributed by atoms with E-state index in [1.165, 1.54) is 0 Å². The molecule has 0 heterocycles. The van der Waals surface area contributed by atoms with E-state index in [0.717, 1.165) is 5.56 Å². The van der Waals surface area contributed by atoms with Gasteiger partial charge >= 0.3 is 11.9 Å². The molecule has 1 aromatic carbocycles. The number of rotatable bonds is 17. The van der Waals surface area contributed by atoms with E-state index in [1.54, 1.807) is 30.3 Å². The van der Waals surface area contributed by atoms with Crippen molar-refractivity contribution < 1.29 is 43.8 Å². The summed E-state index contributed by atoms with van der Waals surface area (Å²) in [5.74, 6) is -7.49. The molecule has 208 valence electrons. The van der Waals surface area contributed by atoms with Crippen LogP contribution in [0.1, 0.15) is 37.7 Å². The van der Waals surface area contributed by atoms with Gasteiger partial charge in [0.1, 0.15) is 18.1 Å². The van der Waals surface area contributed by atoms with Gasteiger partial charge in [0, 0.05) is 12.8 Å². The van der Waals surface area contributed by atoms with Crippen molar-refractivity contribution >= 4 is 41.5 Å². The average molecular weight is 537 g/mol. The van der Waals surface area contributed by atoms with Gasteiger partial charge in [-0.05, 0) is 24.8 Å². The number of amides is 5. The number of benzene rings is 1. The monoisotopic (exact) mass is 536 g/mol. The largest absolute Gasteiger partial charge is 0.481 e. The lowest BCUT2D eigenvalue weighted by Crippen LogP contribution is -2.57. The van der Waals surface area contributed by atoms with Gasteiger partial charge in [0.05, 0.1) is 12.5 Å². The number of primary amides is 2. The van der Waals surface area contributed by atoms with Crippen LogP contribution in [0.2, 0.25) is 0 Å². The highest BCUT2D eigenvalue weighted by Crippen LogP contribution is 2.06. The number of hydrogen-bond acceptors (Lipinski definition) is 8. The zero-order valence-corrected chi connectivity index (χ0v) is 20.4. The number of aliphatic carboxylic acids is 2. The number of carbonyl (C=O) groups excluding carboxylic acids is 5. The molecule has 0 fully saturated rings. The minimum Gasteiger partial charge on any atom is -0.481 e. The molecule has 0 aliphatic rings. The number of nitrogens with one attached hydrogen (secondary N) is 3. The van der Waals surface area contributed by atoms with E-state index in [1.807, 2.05) is 5.32 Å². The highest BCUT2D eigenvalue weighted by atomic mass is 16.4. The van der Waals surface area contributed by atoms with Gasteiger partial charge in [0.15, 0.2) is 0 Å². The molecule has 15 heteroatoms. The van der Waals surface area contributed by atoms with E-state index in [9.17, 15) is 38.7 Å². The lowest BCUT2D eigenvalue weighted by molar-refractivity contribution is -0.144. The molecule has 15 nitrogen and oxygen atoms in total. The van der Waals surface area contributed by atoms with Gasteiger partial charge < -0.3 is 43.4 Å². The van der Waals surface area contributed by atoms with Crippen molar-refractivity contribution in [2.24, 2.45) is 17.2 Å². The van der Waals surface area contributed by atoms with Gasteiger partial charge in [-0.25, -0.2) is 4.79 Å². The van der Waals surface area contributed by atoms with Crippen LogP contribution in [0.25, 0.3) is 0 Å². The maximum absolute atomic E-state index is 13.0. The fourth-order valence-electron chi connectivity index (χ4n) is 3.28. The van der Waals surface area contributed by atoms with E-state index in [0.29, 0.717) is 0 Å². The van der Waals surface area contributed by atoms with E-state index in [2.05, 4.69) is 10.6 Å². The maximum Gasteiger partial charge on any atom is 0.326 e. The van der Waals surface area contributed by atoms with Crippen LogP contribution in [0.5, 0.6) is 0 Å². The Hall–Kier alpha value is -4.53. The zero-order valence-electron chi connectivity index (χ0n) is 20.4. The number of carbonyl (C=O) groups is 7. The normalized spacial score (nSPS) is 13.7. The second-order valence-corrected chi connectivity index (χ2v) is 8.43. The predicted molar refractivity (Wildman–Crippen MR) is 131 cm³/mol. The molecule has 0 saturated heterocycles. The van der Waals surface area contributed by atoms with Crippen LogP contribution in [-0.2, 0) is 40.0 Å². The van der Waals surface area contributed by atoms with Crippen LogP contribution >= 0.6 is 0 Å². The summed E-state index contributed by atoms with van der Waals surface area (Å²) in [5.41, 5.74) is 16.8. The summed E-state index contributed by atoms with van der Waals surface area (Å²) in [6, 6.07) is 3.00. The minimum atomic E-state index is -1.72. The molecular formula is C23H32N6O9. The Labute approximate surface area is 217 Å². The van der Waals surface area contributed by atoms with Crippen molar-refractivity contribution in [3.8, 4) is 0 Å². The molecule has 4 unspecified atom stereocenters. The molecule has 38 heavy (non-hydrogen) atoms. The Morgan fingerprint density at radius 1 is 0.711 bits per heavy atom. The third kappa shape index (κ3) is 11.9. The van der Waals surface area contributed by atoms with Gasteiger partial charge in [0.25, 0.3) is 0 Å². The fourth-order valence-corrected chi connectivity index (χ4v) is 3.28. The van der Waals surface area contributed by atoms with Crippen molar-refractivity contribution in [2.45, 2.75) is 62.7 Å². The van der Waals surface area contributed by atoms with Crippen molar-refractivity contribution in [1.82, 2.24) is 16.0 Å². The van der Waals surface area contributed by atoms with Crippen LogP contribution in [0.15, 0.2) is 30.3 Å². The molecule has 0 radical (unpaired) electrons. The van der Waals surface area contributed by atoms with E-state index in [4.69, 9.17) is 22.3 Å². The third-order valence-electron chi connectivity index (χ3n) is 5.25. The van der Waals surface area contributed by atoms with Gasteiger partial charge in [-0.2, -0.15) is 0 Å². The molecule has 1 aromatic rings. The molecule has 0 spiro atoms. The summed E-state index contributed by atoms with van der Waals surface area (Å²) < 4.78 is 0. The number of nitrogens with two attached hydrogens (primary N) is 3. The zero-order chi connectivity index (χ0) is 28.8. The SMILES string of the molecule is NC(=O)CCC(NC(=O)C(CCC(=O)O)NC(=O)C(N)Cc1ccccc1)C(=O)NC(CC(N)=O)C(=O)O. The smallest absolute Gasteiger partial charge is 0.326 e. The Morgan fingerprint density at radius 3 is 1.68 bits per heavy atom. The lowest BCUT2D eigenvalue weighted by atomic mass is 10.0. The maximum atomic E-state index is 13.0. The standard InChI is InChI=1S/C23H32N6O9/c24-13(10-12-4-2-1-3-5-12)20(34)27-15(7-9-19(32)33)21(35)28-14(6-8-17(25)30)22(36)29-16(23(37)38)11-18(26)31/h1-5,13-16H,6-11,24H2,(H2,25,30)(H2,26,31)(H,27,34)(H,28,35)(H,29,36)(H,32,33)(H,37,38). The van der Waals surface area contributed by atoms with Crippen LogP contribution < -0.4 is 33.2 Å². The molecule has 11 N–H and O–H groups in total. The van der Waals surface area contributed by atoms with Gasteiger partial charge in [-0.1, -0.05) is 30.3 Å². The summed E-state index contributed by atoms with van der Waals surface area (Å²) in [5, 5.41) is 24.9. The predicted octanol–water partition coefficient (Wildman–Crippen LogP) is -2.90. The van der Waals surface area contributed by atoms with Crippen molar-refractivity contribution in [3.05, 3.63) is 35.9 Å². The molecule has 0 aliphatic carbocycles. The first-order chi connectivity index (χ1) is 17.8. The molecule has 4 atom stereocenters. The number of carboxylic acids is 2. The summed E-state index contributed by atoms with van der Waals surface area (Å²) in [4.78, 5) is 83.2. The van der Waals surface area contributed by atoms with E-state index < -0.39 is 78.5 Å². The quantitative estimate of drug-likeness (QED) is 0.100. The average Bonchev–Trinajstić information content (AvgIpc) is 2.83. The molecule has 0 aromatic heterocycles. The van der Waals surface area contributed by atoms with Crippen molar-refractivity contribution in [1.29, 1.82) is 0 Å². The molecular weight excluding hydrogens is 504 g/mol. The second kappa shape index (κ2) is 15.6. The van der Waals surface area contributed by atoms with Gasteiger partial charge in [-0.3, -0.25) is 28.8 Å². The van der Waals surface area contributed by atoms with Crippen LogP contribution in [0.4, 0.5) is 0 Å². The van der Waals surface area contributed by atoms with E-state index >= 15 is 0 Å². The minimum absolute atomic E-state index is 0.125. The second-order valence-electron chi connectivity index (χ2n) is 8.43. The van der Waals surface area contributed by atoms with Crippen molar-refractivity contribution in [3.63, 3.8) is 0 Å². The number of hydrogen-bond donors (Lipinski definition) is 8. The summed E-state index contributed by atoms with van der Waals surface area (Å²) in [6.45, 7) is 0. The summed E-state index contributed by atoms with van der Waals surface area (Å²) >= 11 is 0. The van der Waals surface area contributed by atoms with Crippen molar-refractivity contribution in [2.75, 3.05) is 0 Å². The molecule has 5 amide bonds. The molecule has 0 bridgehead atoms. The molecule has 0 aliphatic heterocycles.